The number of nitrogens with zero attached hydrogens (tertiary/aromatic N) is 2. The molecule has 0 saturated carbocycles. The highest BCUT2D eigenvalue weighted by Gasteiger charge is 2.29. The molecule has 3 N–H and O–H groups in total. The first kappa shape index (κ1) is 20.4. The molecule has 7 heteroatoms. The highest BCUT2D eigenvalue weighted by Crippen LogP contribution is 2.26. The second-order valence-electron chi connectivity index (χ2n) is 6.34. The summed E-state index contributed by atoms with van der Waals surface area (Å²) in [5.74, 6) is 0.0349. The zero-order valence-electron chi connectivity index (χ0n) is 15.0. The molecule has 0 spiro atoms. The molecule has 0 atom stereocenters. The van der Waals surface area contributed by atoms with E-state index in [2.05, 4.69) is 15.5 Å². The smallest absolute Gasteiger partial charge is 0.259 e. The van der Waals surface area contributed by atoms with Crippen molar-refractivity contribution in [2.45, 2.75) is 58.9 Å². The van der Waals surface area contributed by atoms with Gasteiger partial charge in [0.2, 0.25) is 0 Å². The van der Waals surface area contributed by atoms with Gasteiger partial charge < -0.3 is 15.6 Å². The average Bonchev–Trinajstić information content (AvgIpc) is 2.93. The van der Waals surface area contributed by atoms with Crippen molar-refractivity contribution in [2.75, 3.05) is 6.54 Å². The fourth-order valence-electron chi connectivity index (χ4n) is 2.66. The number of pyridine rings is 1. The van der Waals surface area contributed by atoms with E-state index in [4.69, 9.17) is 10.3 Å². The fourth-order valence-corrected chi connectivity index (χ4v) is 2.66. The Balaban J connectivity index is 0.00000288. The van der Waals surface area contributed by atoms with Crippen LogP contribution in [0.4, 0.5) is 0 Å². The highest BCUT2D eigenvalue weighted by molar-refractivity contribution is 6.06. The average molecular weight is 355 g/mol. The zero-order valence-corrected chi connectivity index (χ0v) is 15.8. The lowest BCUT2D eigenvalue weighted by atomic mass is 9.92. The third-order valence-corrected chi connectivity index (χ3v) is 4.60. The van der Waals surface area contributed by atoms with E-state index in [9.17, 15) is 4.79 Å². The van der Waals surface area contributed by atoms with Gasteiger partial charge in [0.25, 0.3) is 11.6 Å². The normalized spacial score (nSPS) is 11.6. The van der Waals surface area contributed by atoms with Gasteiger partial charge in [0, 0.05) is 12.2 Å². The molecule has 24 heavy (non-hydrogen) atoms. The zero-order chi connectivity index (χ0) is 17.2. The fraction of sp³-hybridized carbons (Fsp3) is 0.588. The molecule has 0 bridgehead atoms. The van der Waals surface area contributed by atoms with Crippen molar-refractivity contribution < 1.29 is 9.32 Å². The van der Waals surface area contributed by atoms with Crippen molar-refractivity contribution in [2.24, 2.45) is 5.73 Å². The topological polar surface area (TPSA) is 94.0 Å². The van der Waals surface area contributed by atoms with Crippen LogP contribution in [0.25, 0.3) is 11.1 Å². The largest absolute Gasteiger partial charge is 0.345 e. The Bertz CT molecular complexity index is 700. The first-order valence-electron chi connectivity index (χ1n) is 8.17. The molecule has 0 aromatic carbocycles. The van der Waals surface area contributed by atoms with Gasteiger partial charge in [-0.2, -0.15) is 0 Å². The van der Waals surface area contributed by atoms with E-state index in [1.54, 1.807) is 0 Å². The summed E-state index contributed by atoms with van der Waals surface area (Å²) in [6.07, 6.45) is 1.55. The van der Waals surface area contributed by atoms with Crippen LogP contribution in [0.1, 0.15) is 68.2 Å². The van der Waals surface area contributed by atoms with Crippen LogP contribution in [0.2, 0.25) is 0 Å². The Kier molecular flexibility index (Phi) is 6.75. The van der Waals surface area contributed by atoms with Gasteiger partial charge in [-0.3, -0.25) is 4.79 Å². The molecule has 2 heterocycles. The minimum Gasteiger partial charge on any atom is -0.345 e. The maximum absolute atomic E-state index is 12.9. The molecule has 0 saturated heterocycles. The van der Waals surface area contributed by atoms with Gasteiger partial charge in [0.1, 0.15) is 0 Å². The van der Waals surface area contributed by atoms with Gasteiger partial charge in [-0.15, -0.1) is 12.4 Å². The number of carbonyl (C=O) groups excluding carboxylic acids is 1. The number of nitrogens with one attached hydrogen (secondary N) is 1. The monoisotopic (exact) mass is 354 g/mol. The number of aromatic nitrogens is 2. The minimum atomic E-state index is -0.393. The van der Waals surface area contributed by atoms with Crippen molar-refractivity contribution >= 4 is 29.4 Å². The Hall–Kier alpha value is -1.66. The van der Waals surface area contributed by atoms with Crippen LogP contribution in [0.5, 0.6) is 0 Å². The van der Waals surface area contributed by atoms with Crippen LogP contribution in [-0.2, 0) is 0 Å². The Morgan fingerprint density at radius 2 is 2.00 bits per heavy atom. The van der Waals surface area contributed by atoms with Gasteiger partial charge in [-0.25, -0.2) is 4.98 Å². The molecule has 0 aliphatic carbocycles. The number of aryl methyl sites for hydroxylation is 1. The van der Waals surface area contributed by atoms with Crippen LogP contribution < -0.4 is 11.1 Å². The van der Waals surface area contributed by atoms with Gasteiger partial charge in [-0.1, -0.05) is 32.9 Å². The van der Waals surface area contributed by atoms with Crippen LogP contribution in [0.3, 0.4) is 0 Å². The summed E-state index contributed by atoms with van der Waals surface area (Å²) in [5, 5.41) is 7.74. The molecule has 0 radical (unpaired) electrons. The van der Waals surface area contributed by atoms with Crippen LogP contribution in [-0.4, -0.2) is 28.1 Å². The molecule has 2 aromatic rings. The number of carbonyl (C=O) groups is 1. The Labute approximate surface area is 149 Å². The molecule has 134 valence electrons. The van der Waals surface area contributed by atoms with E-state index in [0.717, 1.165) is 18.5 Å². The van der Waals surface area contributed by atoms with E-state index >= 15 is 0 Å². The van der Waals surface area contributed by atoms with E-state index in [1.165, 1.54) is 0 Å². The lowest BCUT2D eigenvalue weighted by Gasteiger charge is -2.31. The quantitative estimate of drug-likeness (QED) is 0.829. The standard InChI is InChI=1S/C17H26N4O2.ClH/c1-6-17(7-2,9-18)20-15(22)12-8-13(10(3)4)19-16-14(12)11(5)21-23-16;/h8,10H,6-7,9,18H2,1-5H3,(H,20,22);1H. The predicted molar refractivity (Wildman–Crippen MR) is 97.7 cm³/mol. The number of halogens is 1. The molecule has 0 unspecified atom stereocenters. The number of fused-ring (bicyclic) bond motifs is 1. The van der Waals surface area contributed by atoms with E-state index in [1.807, 2.05) is 40.7 Å². The van der Waals surface area contributed by atoms with Crippen LogP contribution in [0.15, 0.2) is 10.6 Å². The highest BCUT2D eigenvalue weighted by atomic mass is 35.5. The van der Waals surface area contributed by atoms with Gasteiger partial charge in [-0.05, 0) is 31.7 Å². The number of rotatable bonds is 6. The summed E-state index contributed by atoms with van der Waals surface area (Å²) in [4.78, 5) is 17.4. The first-order chi connectivity index (χ1) is 10.9. The summed E-state index contributed by atoms with van der Waals surface area (Å²) < 4.78 is 5.27. The lowest BCUT2D eigenvalue weighted by molar-refractivity contribution is 0.0896. The second-order valence-corrected chi connectivity index (χ2v) is 6.34. The molecule has 6 nitrogen and oxygen atoms in total. The Morgan fingerprint density at radius 3 is 2.50 bits per heavy atom. The van der Waals surface area contributed by atoms with Gasteiger partial charge in [0.05, 0.1) is 22.2 Å². The molecule has 1 amide bonds. The summed E-state index contributed by atoms with van der Waals surface area (Å²) in [5.41, 5.74) is 7.94. The van der Waals surface area contributed by atoms with Crippen LogP contribution in [0, 0.1) is 6.92 Å². The molecule has 2 aromatic heterocycles. The SMILES string of the molecule is CCC(CC)(CN)NC(=O)c1cc(C(C)C)nc2onc(C)c12.Cl. The van der Waals surface area contributed by atoms with E-state index in [-0.39, 0.29) is 24.2 Å². The minimum absolute atomic E-state index is 0. The molecular weight excluding hydrogens is 328 g/mol. The third-order valence-electron chi connectivity index (χ3n) is 4.60. The van der Waals surface area contributed by atoms with Crippen LogP contribution >= 0.6 is 12.4 Å². The number of amides is 1. The summed E-state index contributed by atoms with van der Waals surface area (Å²) in [6, 6.07) is 1.83. The van der Waals surface area contributed by atoms with Crippen molar-refractivity contribution in [3.05, 3.63) is 23.0 Å². The molecule has 0 fully saturated rings. The van der Waals surface area contributed by atoms with E-state index in [0.29, 0.717) is 28.9 Å². The number of hydrogen-bond donors (Lipinski definition) is 2. The van der Waals surface area contributed by atoms with Gasteiger partial charge >= 0.3 is 0 Å². The lowest BCUT2D eigenvalue weighted by Crippen LogP contribution is -2.52. The number of nitrogens with two attached hydrogens (primary N) is 1. The second kappa shape index (κ2) is 7.94. The van der Waals surface area contributed by atoms with Gasteiger partial charge in [0.15, 0.2) is 0 Å². The summed E-state index contributed by atoms with van der Waals surface area (Å²) in [6.45, 7) is 10.3. The van der Waals surface area contributed by atoms with Crippen molar-refractivity contribution in [3.63, 3.8) is 0 Å². The first-order valence-corrected chi connectivity index (χ1v) is 8.17. The van der Waals surface area contributed by atoms with E-state index < -0.39 is 5.54 Å². The number of hydrogen-bond acceptors (Lipinski definition) is 5. The summed E-state index contributed by atoms with van der Waals surface area (Å²) >= 11 is 0. The molecule has 0 aliphatic rings. The maximum atomic E-state index is 12.9. The van der Waals surface area contributed by atoms with Crippen molar-refractivity contribution in [3.8, 4) is 0 Å². The molecular formula is C17H27ClN4O2. The maximum Gasteiger partial charge on any atom is 0.259 e. The Morgan fingerprint density at radius 1 is 1.38 bits per heavy atom. The van der Waals surface area contributed by atoms with Crippen molar-refractivity contribution in [1.82, 2.24) is 15.5 Å². The van der Waals surface area contributed by atoms with Crippen molar-refractivity contribution in [1.29, 1.82) is 0 Å². The molecule has 0 aliphatic heterocycles. The third kappa shape index (κ3) is 3.70. The summed E-state index contributed by atoms with van der Waals surface area (Å²) in [7, 11) is 0. The predicted octanol–water partition coefficient (Wildman–Crippen LogP) is 3.32. The molecule has 2 rings (SSSR count).